The van der Waals surface area contributed by atoms with Crippen LogP contribution in [0, 0.1) is 0 Å². The lowest BCUT2D eigenvalue weighted by Crippen LogP contribution is -2.29. The molecule has 6 nitrogen and oxygen atoms in total. The van der Waals surface area contributed by atoms with Crippen molar-refractivity contribution >= 4 is 28.8 Å². The van der Waals surface area contributed by atoms with E-state index < -0.39 is 0 Å². The highest BCUT2D eigenvalue weighted by atomic mass is 16.5. The van der Waals surface area contributed by atoms with Crippen LogP contribution in [0.4, 0.5) is 5.82 Å². The van der Waals surface area contributed by atoms with Crippen LogP contribution in [0.3, 0.4) is 0 Å². The molecule has 3 aromatic heterocycles. The largest absolute Gasteiger partial charge is 0.488 e. The van der Waals surface area contributed by atoms with Crippen LogP contribution < -0.4 is 9.64 Å². The Balaban J connectivity index is 1.39. The van der Waals surface area contributed by atoms with Crippen molar-refractivity contribution in [2.24, 2.45) is 4.99 Å². The highest BCUT2D eigenvalue weighted by Crippen LogP contribution is 2.37. The Morgan fingerprint density at radius 2 is 1.84 bits per heavy atom. The van der Waals surface area contributed by atoms with Crippen molar-refractivity contribution in [3.63, 3.8) is 0 Å². The summed E-state index contributed by atoms with van der Waals surface area (Å²) in [7, 11) is 2.03. The zero-order valence-corrected chi connectivity index (χ0v) is 17.1. The van der Waals surface area contributed by atoms with Crippen molar-refractivity contribution in [3.8, 4) is 28.2 Å². The highest BCUT2D eigenvalue weighted by Gasteiger charge is 2.19. The van der Waals surface area contributed by atoms with Gasteiger partial charge in [-0.05, 0) is 17.7 Å². The molecular weight excluding hydrogens is 388 g/mol. The minimum Gasteiger partial charge on any atom is -0.488 e. The van der Waals surface area contributed by atoms with Crippen LogP contribution in [0.5, 0.6) is 5.75 Å². The average molecular weight is 408 g/mol. The zero-order valence-electron chi connectivity index (χ0n) is 17.1. The second-order valence-corrected chi connectivity index (χ2v) is 7.71. The van der Waals surface area contributed by atoms with Gasteiger partial charge in [-0.25, -0.2) is 4.98 Å². The van der Waals surface area contributed by atoms with Crippen LogP contribution in [-0.4, -0.2) is 36.4 Å². The Bertz CT molecular complexity index is 1350. The fraction of sp³-hybridized carbons (Fsp3) is 0.160. The van der Waals surface area contributed by atoms with Gasteiger partial charge in [0.1, 0.15) is 17.9 Å². The van der Waals surface area contributed by atoms with Crippen molar-refractivity contribution in [1.29, 1.82) is 0 Å². The number of likely N-dealkylation sites (N-methyl/N-ethyl adjacent to an activating group) is 1. The van der Waals surface area contributed by atoms with Crippen molar-refractivity contribution in [3.05, 3.63) is 66.5 Å². The second kappa shape index (κ2) is 7.09. The van der Waals surface area contributed by atoms with Gasteiger partial charge in [0, 0.05) is 54.8 Å². The fourth-order valence-electron chi connectivity index (χ4n) is 4.05. The molecule has 152 valence electrons. The molecule has 0 saturated carbocycles. The lowest BCUT2D eigenvalue weighted by molar-refractivity contribution is 0.309. The van der Waals surface area contributed by atoms with E-state index in [9.17, 15) is 0 Å². The number of hydrogen-bond donors (Lipinski definition) is 0. The first-order valence-corrected chi connectivity index (χ1v) is 10.3. The number of rotatable bonds is 3. The molecule has 0 aliphatic carbocycles. The van der Waals surface area contributed by atoms with E-state index in [1.165, 1.54) is 0 Å². The molecule has 0 atom stereocenters. The molecule has 0 amide bonds. The van der Waals surface area contributed by atoms with E-state index in [4.69, 9.17) is 9.15 Å². The molecule has 5 heterocycles. The molecule has 0 saturated heterocycles. The summed E-state index contributed by atoms with van der Waals surface area (Å²) in [5.74, 6) is 2.44. The fourth-order valence-corrected chi connectivity index (χ4v) is 4.05. The van der Waals surface area contributed by atoms with Gasteiger partial charge >= 0.3 is 0 Å². The third-order valence-electron chi connectivity index (χ3n) is 5.71. The van der Waals surface area contributed by atoms with Gasteiger partial charge in [-0.1, -0.05) is 30.3 Å². The maximum atomic E-state index is 6.28. The molecule has 6 rings (SSSR count). The number of hydrogen-bond acceptors (Lipinski definition) is 6. The number of aromatic nitrogens is 2. The molecule has 31 heavy (non-hydrogen) atoms. The lowest BCUT2D eigenvalue weighted by atomic mass is 10.1. The number of furan rings is 1. The van der Waals surface area contributed by atoms with Gasteiger partial charge in [0.2, 0.25) is 0 Å². The first kappa shape index (κ1) is 17.9. The number of pyridine rings is 2. The number of ether oxygens (including phenoxy) is 1. The van der Waals surface area contributed by atoms with E-state index in [0.717, 1.165) is 69.3 Å². The van der Waals surface area contributed by atoms with E-state index in [1.807, 2.05) is 37.7 Å². The summed E-state index contributed by atoms with van der Waals surface area (Å²) < 4.78 is 12.1. The van der Waals surface area contributed by atoms with Gasteiger partial charge in [0.25, 0.3) is 0 Å². The smallest absolute Gasteiger partial charge is 0.171 e. The van der Waals surface area contributed by atoms with Crippen LogP contribution in [0.2, 0.25) is 0 Å². The molecule has 0 bridgehead atoms. The number of anilines is 1. The molecule has 0 fully saturated rings. The monoisotopic (exact) mass is 408 g/mol. The van der Waals surface area contributed by atoms with Gasteiger partial charge in [0.15, 0.2) is 17.2 Å². The third-order valence-corrected chi connectivity index (χ3v) is 5.71. The minimum atomic E-state index is 0.656. The predicted octanol–water partition coefficient (Wildman–Crippen LogP) is 5.20. The average Bonchev–Trinajstić information content (AvgIpc) is 3.49. The molecule has 0 N–H and O–H groups in total. The van der Waals surface area contributed by atoms with E-state index in [0.29, 0.717) is 6.61 Å². The summed E-state index contributed by atoms with van der Waals surface area (Å²) in [6.07, 6.45) is 8.62. The van der Waals surface area contributed by atoms with Crippen molar-refractivity contribution in [2.45, 2.75) is 6.42 Å². The molecular formula is C25H20N4O2. The van der Waals surface area contributed by atoms with E-state index >= 15 is 0 Å². The van der Waals surface area contributed by atoms with Gasteiger partial charge < -0.3 is 14.1 Å². The van der Waals surface area contributed by atoms with Crippen LogP contribution in [0.15, 0.2) is 70.3 Å². The van der Waals surface area contributed by atoms with Crippen molar-refractivity contribution in [2.75, 3.05) is 25.1 Å². The molecule has 0 unspecified atom stereocenters. The summed E-state index contributed by atoms with van der Waals surface area (Å²) in [5.41, 5.74) is 6.59. The maximum absolute atomic E-state index is 6.28. The van der Waals surface area contributed by atoms with Gasteiger partial charge in [-0.2, -0.15) is 0 Å². The molecule has 0 radical (unpaired) electrons. The molecule has 4 aromatic rings. The van der Waals surface area contributed by atoms with Crippen LogP contribution in [-0.2, 0) is 0 Å². The molecule has 2 aliphatic heterocycles. The normalized spacial score (nSPS) is 15.1. The lowest BCUT2D eigenvalue weighted by Gasteiger charge is -2.26. The van der Waals surface area contributed by atoms with E-state index in [-0.39, 0.29) is 0 Å². The summed E-state index contributed by atoms with van der Waals surface area (Å²) >= 11 is 0. The maximum Gasteiger partial charge on any atom is 0.171 e. The Morgan fingerprint density at radius 1 is 0.968 bits per heavy atom. The standard InChI is InChI=1S/C25H20N4O2/c1-29-11-12-30-23-13-18(15-28-25(23)29)19-8-10-27-21-14-22(31-24(19)21)17-6-4-16(5-7-17)20-3-2-9-26-20/h3-10,13-15H,2,11-12H2,1H3. The molecule has 2 aliphatic rings. The Labute approximate surface area is 179 Å². The van der Waals surface area contributed by atoms with Gasteiger partial charge in [-0.3, -0.25) is 9.98 Å². The quantitative estimate of drug-likeness (QED) is 0.466. The van der Waals surface area contributed by atoms with Gasteiger partial charge in [-0.15, -0.1) is 0 Å². The number of benzene rings is 1. The van der Waals surface area contributed by atoms with E-state index in [2.05, 4.69) is 50.2 Å². The van der Waals surface area contributed by atoms with Crippen molar-refractivity contribution in [1.82, 2.24) is 9.97 Å². The predicted molar refractivity (Wildman–Crippen MR) is 123 cm³/mol. The number of aliphatic imine (C=N–C) groups is 1. The Kier molecular flexibility index (Phi) is 4.09. The second-order valence-electron chi connectivity index (χ2n) is 7.71. The van der Waals surface area contributed by atoms with Crippen molar-refractivity contribution < 1.29 is 9.15 Å². The Hall–Kier alpha value is -3.93. The number of fused-ring (bicyclic) bond motifs is 2. The Morgan fingerprint density at radius 3 is 2.68 bits per heavy atom. The SMILES string of the molecule is CN1CCOc2cc(-c3ccnc4cc(-c5ccc(C6=CCC=N6)cc5)oc34)cnc21. The summed E-state index contributed by atoms with van der Waals surface area (Å²) in [6, 6.07) is 14.2. The number of allylic oxidation sites excluding steroid dienone is 1. The molecule has 0 spiro atoms. The van der Waals surface area contributed by atoms with Crippen LogP contribution in [0.25, 0.3) is 39.2 Å². The van der Waals surface area contributed by atoms with Crippen LogP contribution in [0.1, 0.15) is 12.0 Å². The first-order valence-electron chi connectivity index (χ1n) is 10.3. The highest BCUT2D eigenvalue weighted by molar-refractivity contribution is 5.93. The van der Waals surface area contributed by atoms with Crippen LogP contribution >= 0.6 is 0 Å². The minimum absolute atomic E-state index is 0.656. The van der Waals surface area contributed by atoms with E-state index in [1.54, 1.807) is 6.20 Å². The number of nitrogens with zero attached hydrogens (tertiary/aromatic N) is 4. The summed E-state index contributed by atoms with van der Waals surface area (Å²) in [5, 5.41) is 0. The first-order chi connectivity index (χ1) is 15.3. The topological polar surface area (TPSA) is 63.8 Å². The summed E-state index contributed by atoms with van der Waals surface area (Å²) in [6.45, 7) is 1.49. The van der Waals surface area contributed by atoms with Gasteiger partial charge in [0.05, 0.1) is 12.2 Å². The molecule has 6 heteroatoms. The third kappa shape index (κ3) is 3.08. The summed E-state index contributed by atoms with van der Waals surface area (Å²) in [4.78, 5) is 15.6. The zero-order chi connectivity index (χ0) is 20.8. The molecule has 1 aromatic carbocycles.